The Morgan fingerprint density at radius 1 is 1.30 bits per heavy atom. The maximum Gasteiger partial charge on any atom is 0.214 e. The maximum absolute atomic E-state index is 11.0. The Kier molecular flexibility index (Phi) is 2.60. The van der Waals surface area contributed by atoms with Gasteiger partial charge in [0.05, 0.1) is 4.75 Å². The minimum Gasteiger partial charge on any atom is -0.290 e. The minimum absolute atomic E-state index is 0.503. The number of carbonyl (C=O) groups excluding carboxylic acids is 1. The predicted octanol–water partition coefficient (Wildman–Crippen LogP) is 0.309. The molecule has 0 spiro atoms. The first-order valence-electron chi connectivity index (χ1n) is 2.88. The molecule has 0 unspecified atom stereocenters. The molecule has 0 saturated carbocycles. The second kappa shape index (κ2) is 2.70. The van der Waals surface area contributed by atoms with Crippen LogP contribution in [-0.2, 0) is 14.6 Å². The van der Waals surface area contributed by atoms with E-state index in [1.54, 1.807) is 20.8 Å². The van der Waals surface area contributed by atoms with Crippen LogP contribution in [0.1, 0.15) is 20.8 Å². The smallest absolute Gasteiger partial charge is 0.214 e. The molecule has 4 heteroatoms. The molecule has 3 nitrogen and oxygen atoms in total. The van der Waals surface area contributed by atoms with E-state index in [-0.39, 0.29) is 0 Å². The Hall–Kier alpha value is -0.380. The molecule has 0 bridgehead atoms. The van der Waals surface area contributed by atoms with Gasteiger partial charge in [-0.2, -0.15) is 0 Å². The average Bonchev–Trinajstić information content (AvgIpc) is 1.61. The topological polar surface area (TPSA) is 51.2 Å². The molecular weight excluding hydrogens is 152 g/mol. The van der Waals surface area contributed by atoms with E-state index in [1.165, 1.54) is 6.29 Å². The van der Waals surface area contributed by atoms with Crippen LogP contribution < -0.4 is 0 Å². The summed E-state index contributed by atoms with van der Waals surface area (Å²) in [7, 11) is -3.27. The van der Waals surface area contributed by atoms with Gasteiger partial charge in [0.1, 0.15) is 5.75 Å². The van der Waals surface area contributed by atoms with Crippen molar-refractivity contribution in [2.24, 2.45) is 0 Å². The molecule has 0 amide bonds. The zero-order valence-corrected chi connectivity index (χ0v) is 7.16. The third-order valence-electron chi connectivity index (χ3n) is 1.18. The predicted molar refractivity (Wildman–Crippen MR) is 39.2 cm³/mol. The molecule has 0 fully saturated rings. The summed E-state index contributed by atoms with van der Waals surface area (Å²) in [4.78, 5) is 9.76. The van der Waals surface area contributed by atoms with Gasteiger partial charge in [0.2, 0.25) is 6.29 Å². The lowest BCUT2D eigenvalue weighted by Gasteiger charge is -2.16. The van der Waals surface area contributed by atoms with Gasteiger partial charge in [-0.15, -0.1) is 0 Å². The minimum atomic E-state index is -3.27. The fraction of sp³-hybridized carbons (Fsp3) is 0.833. The van der Waals surface area contributed by atoms with E-state index in [2.05, 4.69) is 0 Å². The summed E-state index contributed by atoms with van der Waals surface area (Å²) in [6, 6.07) is 0. The van der Waals surface area contributed by atoms with Crippen molar-refractivity contribution in [3.8, 4) is 0 Å². The van der Waals surface area contributed by atoms with Crippen molar-refractivity contribution >= 4 is 16.1 Å². The van der Waals surface area contributed by atoms with Crippen molar-refractivity contribution < 1.29 is 13.2 Å². The Bertz CT molecular complexity index is 208. The third-order valence-corrected chi connectivity index (χ3v) is 3.55. The first-order chi connectivity index (χ1) is 4.31. The van der Waals surface area contributed by atoms with E-state index in [4.69, 9.17) is 0 Å². The molecule has 0 aliphatic rings. The Morgan fingerprint density at radius 2 is 1.70 bits per heavy atom. The zero-order valence-electron chi connectivity index (χ0n) is 6.34. The van der Waals surface area contributed by atoms with Crippen molar-refractivity contribution in [1.82, 2.24) is 0 Å². The van der Waals surface area contributed by atoms with E-state index in [0.717, 1.165) is 0 Å². The fourth-order valence-corrected chi connectivity index (χ4v) is 0.882. The van der Waals surface area contributed by atoms with Gasteiger partial charge in [-0.1, -0.05) is 0 Å². The van der Waals surface area contributed by atoms with Crippen LogP contribution in [0, 0.1) is 0 Å². The normalized spacial score (nSPS) is 13.1. The van der Waals surface area contributed by atoms with E-state index in [1.807, 2.05) is 0 Å². The summed E-state index contributed by atoms with van der Waals surface area (Å²) >= 11 is 0. The lowest BCUT2D eigenvalue weighted by atomic mass is 10.3. The molecular formula is C6H11O3S. The molecule has 0 aliphatic carbocycles. The summed E-state index contributed by atoms with van der Waals surface area (Å²) < 4.78 is 21.1. The lowest BCUT2D eigenvalue weighted by Crippen LogP contribution is -2.30. The quantitative estimate of drug-likeness (QED) is 0.588. The lowest BCUT2D eigenvalue weighted by molar-refractivity contribution is 0.548. The highest BCUT2D eigenvalue weighted by atomic mass is 32.2. The second-order valence-electron chi connectivity index (χ2n) is 3.02. The zero-order chi connectivity index (χ0) is 8.41. The first-order valence-corrected chi connectivity index (χ1v) is 4.54. The van der Waals surface area contributed by atoms with Crippen molar-refractivity contribution in [3.05, 3.63) is 0 Å². The van der Waals surface area contributed by atoms with Crippen LogP contribution in [0.15, 0.2) is 0 Å². The summed E-state index contributed by atoms with van der Waals surface area (Å²) in [5.74, 6) is -0.503. The van der Waals surface area contributed by atoms with Crippen molar-refractivity contribution in [3.63, 3.8) is 0 Å². The van der Waals surface area contributed by atoms with Crippen molar-refractivity contribution in [2.45, 2.75) is 25.5 Å². The highest BCUT2D eigenvalue weighted by Gasteiger charge is 2.28. The summed E-state index contributed by atoms with van der Waals surface area (Å²) in [5.41, 5.74) is 0. The van der Waals surface area contributed by atoms with Gasteiger partial charge in [0.25, 0.3) is 0 Å². The molecule has 0 atom stereocenters. The van der Waals surface area contributed by atoms with Crippen molar-refractivity contribution in [2.75, 3.05) is 5.75 Å². The van der Waals surface area contributed by atoms with Gasteiger partial charge in [-0.3, -0.25) is 4.79 Å². The number of sulfone groups is 1. The van der Waals surface area contributed by atoms with Crippen LogP contribution in [0.5, 0.6) is 0 Å². The van der Waals surface area contributed by atoms with Crippen LogP contribution in [0.25, 0.3) is 0 Å². The van der Waals surface area contributed by atoms with Gasteiger partial charge in [-0.25, -0.2) is 8.42 Å². The summed E-state index contributed by atoms with van der Waals surface area (Å²) in [6.45, 7) is 4.67. The fourth-order valence-electron chi connectivity index (χ4n) is 0.294. The average molecular weight is 163 g/mol. The van der Waals surface area contributed by atoms with Gasteiger partial charge in [-0.05, 0) is 20.8 Å². The van der Waals surface area contributed by atoms with Crippen LogP contribution in [0.4, 0.5) is 0 Å². The Labute approximate surface area is 61.4 Å². The summed E-state index contributed by atoms with van der Waals surface area (Å²) in [5, 5.41) is 0. The summed E-state index contributed by atoms with van der Waals surface area (Å²) in [6.07, 6.45) is 1.38. The highest BCUT2D eigenvalue weighted by Crippen LogP contribution is 2.14. The van der Waals surface area contributed by atoms with E-state index < -0.39 is 20.3 Å². The molecule has 0 N–H and O–H groups in total. The molecule has 10 heavy (non-hydrogen) atoms. The Balaban J connectivity index is 4.59. The van der Waals surface area contributed by atoms with E-state index in [0.29, 0.717) is 0 Å². The molecule has 0 aromatic heterocycles. The Morgan fingerprint density at radius 3 is 1.80 bits per heavy atom. The molecule has 59 valence electrons. The number of hydrogen-bond acceptors (Lipinski definition) is 3. The molecule has 0 aromatic carbocycles. The van der Waals surface area contributed by atoms with E-state index >= 15 is 0 Å². The molecule has 0 aromatic rings. The van der Waals surface area contributed by atoms with E-state index in [9.17, 15) is 13.2 Å². The monoisotopic (exact) mass is 163 g/mol. The van der Waals surface area contributed by atoms with Crippen LogP contribution in [0.2, 0.25) is 0 Å². The van der Waals surface area contributed by atoms with Gasteiger partial charge < -0.3 is 0 Å². The SMILES string of the molecule is CC(C)(C)S(=O)(=O)C[C]=O. The maximum atomic E-state index is 11.0. The number of rotatable bonds is 2. The third kappa shape index (κ3) is 2.10. The second-order valence-corrected chi connectivity index (χ2v) is 5.76. The van der Waals surface area contributed by atoms with Crippen molar-refractivity contribution in [1.29, 1.82) is 0 Å². The largest absolute Gasteiger partial charge is 0.290 e. The van der Waals surface area contributed by atoms with Crippen LogP contribution in [0.3, 0.4) is 0 Å². The van der Waals surface area contributed by atoms with Crippen LogP contribution in [-0.4, -0.2) is 25.2 Å². The van der Waals surface area contributed by atoms with Crippen LogP contribution >= 0.6 is 0 Å². The molecule has 0 rings (SSSR count). The number of hydrogen-bond donors (Lipinski definition) is 0. The molecule has 0 aliphatic heterocycles. The first kappa shape index (κ1) is 9.62. The molecule has 0 saturated heterocycles. The van der Waals surface area contributed by atoms with Gasteiger partial charge >= 0.3 is 0 Å². The highest BCUT2D eigenvalue weighted by molar-refractivity contribution is 7.93. The molecule has 0 heterocycles. The van der Waals surface area contributed by atoms with Gasteiger partial charge in [0, 0.05) is 0 Å². The van der Waals surface area contributed by atoms with Gasteiger partial charge in [0.15, 0.2) is 9.84 Å². The molecule has 1 radical (unpaired) electrons. The standard InChI is InChI=1S/C6H11O3S/c1-6(2,3)10(8,9)5-4-7/h5H2,1-3H3.